The lowest BCUT2D eigenvalue weighted by Crippen LogP contribution is -2.27. The van der Waals surface area contributed by atoms with Crippen molar-refractivity contribution in [1.82, 2.24) is 0 Å². The van der Waals surface area contributed by atoms with Crippen molar-refractivity contribution >= 4 is 11.6 Å². The summed E-state index contributed by atoms with van der Waals surface area (Å²) in [5, 5.41) is 0.678. The molecule has 2 atom stereocenters. The highest BCUT2D eigenvalue weighted by Crippen LogP contribution is 2.34. The van der Waals surface area contributed by atoms with Crippen LogP contribution in [0, 0.1) is 0 Å². The Hall–Kier alpha value is -0.610. The summed E-state index contributed by atoms with van der Waals surface area (Å²) >= 11 is 5.92. The van der Waals surface area contributed by atoms with Crippen LogP contribution in [0.1, 0.15) is 12.5 Å². The highest BCUT2D eigenvalue weighted by Gasteiger charge is 2.38. The molecule has 1 fully saturated rings. The third-order valence-electron chi connectivity index (χ3n) is 2.55. The SMILES string of the molecule is CC1(c2cccc(Cl)c2)OCC(CN)O1. The van der Waals surface area contributed by atoms with Crippen molar-refractivity contribution in [2.75, 3.05) is 13.2 Å². The van der Waals surface area contributed by atoms with Crippen LogP contribution in [0.4, 0.5) is 0 Å². The zero-order valence-electron chi connectivity index (χ0n) is 8.57. The van der Waals surface area contributed by atoms with E-state index in [1.807, 2.05) is 31.2 Å². The molecule has 1 aliphatic heterocycles. The van der Waals surface area contributed by atoms with E-state index in [0.29, 0.717) is 18.2 Å². The minimum absolute atomic E-state index is 0.0334. The molecule has 1 aromatic carbocycles. The first kappa shape index (κ1) is 10.9. The molecule has 1 saturated heterocycles. The van der Waals surface area contributed by atoms with Crippen LogP contribution >= 0.6 is 11.6 Å². The normalized spacial score (nSPS) is 30.7. The maximum absolute atomic E-state index is 5.92. The predicted molar refractivity (Wildman–Crippen MR) is 58.7 cm³/mol. The van der Waals surface area contributed by atoms with Crippen molar-refractivity contribution in [3.63, 3.8) is 0 Å². The van der Waals surface area contributed by atoms with E-state index >= 15 is 0 Å². The standard InChI is InChI=1S/C11H14ClNO2/c1-11(14-7-10(6-13)15-11)8-3-2-4-9(12)5-8/h2-5,10H,6-7,13H2,1H3. The second-order valence-corrected chi connectivity index (χ2v) is 4.18. The minimum Gasteiger partial charge on any atom is -0.343 e. The molecule has 2 unspecified atom stereocenters. The monoisotopic (exact) mass is 227 g/mol. The lowest BCUT2D eigenvalue weighted by molar-refractivity contribution is -0.160. The van der Waals surface area contributed by atoms with Gasteiger partial charge in [0.05, 0.1) is 12.7 Å². The lowest BCUT2D eigenvalue weighted by Gasteiger charge is -2.23. The fourth-order valence-electron chi connectivity index (χ4n) is 1.68. The van der Waals surface area contributed by atoms with E-state index in [4.69, 9.17) is 26.8 Å². The van der Waals surface area contributed by atoms with Crippen molar-refractivity contribution in [3.05, 3.63) is 34.9 Å². The van der Waals surface area contributed by atoms with Gasteiger partial charge in [0.1, 0.15) is 0 Å². The summed E-state index contributed by atoms with van der Waals surface area (Å²) in [6, 6.07) is 7.49. The van der Waals surface area contributed by atoms with Crippen molar-refractivity contribution in [1.29, 1.82) is 0 Å². The zero-order chi connectivity index (χ0) is 10.9. The molecule has 0 bridgehead atoms. The Morgan fingerprint density at radius 3 is 3.00 bits per heavy atom. The van der Waals surface area contributed by atoms with Crippen LogP contribution in [0.5, 0.6) is 0 Å². The first-order valence-corrected chi connectivity index (χ1v) is 5.30. The Morgan fingerprint density at radius 2 is 2.40 bits per heavy atom. The Balaban J connectivity index is 2.23. The number of hydrogen-bond donors (Lipinski definition) is 1. The average molecular weight is 228 g/mol. The van der Waals surface area contributed by atoms with Crippen LogP contribution in [-0.4, -0.2) is 19.3 Å². The van der Waals surface area contributed by atoms with Crippen LogP contribution in [0.25, 0.3) is 0 Å². The largest absolute Gasteiger partial charge is 0.343 e. The molecule has 2 N–H and O–H groups in total. The van der Waals surface area contributed by atoms with Crippen LogP contribution in [-0.2, 0) is 15.3 Å². The molecule has 15 heavy (non-hydrogen) atoms. The molecule has 0 aromatic heterocycles. The van der Waals surface area contributed by atoms with Gasteiger partial charge in [0, 0.05) is 17.1 Å². The summed E-state index contributed by atoms with van der Waals surface area (Å²) in [7, 11) is 0. The summed E-state index contributed by atoms with van der Waals surface area (Å²) in [4.78, 5) is 0. The summed E-state index contributed by atoms with van der Waals surface area (Å²) in [6.45, 7) is 2.88. The molecule has 3 nitrogen and oxygen atoms in total. The summed E-state index contributed by atoms with van der Waals surface area (Å²) in [5.41, 5.74) is 6.45. The van der Waals surface area contributed by atoms with E-state index in [-0.39, 0.29) is 6.10 Å². The van der Waals surface area contributed by atoms with Gasteiger partial charge in [-0.2, -0.15) is 0 Å². The molecule has 1 aromatic rings. The van der Waals surface area contributed by atoms with Gasteiger partial charge in [-0.3, -0.25) is 0 Å². The average Bonchev–Trinajstić information content (AvgIpc) is 2.62. The lowest BCUT2D eigenvalue weighted by atomic mass is 10.1. The van der Waals surface area contributed by atoms with Gasteiger partial charge in [-0.1, -0.05) is 23.7 Å². The van der Waals surface area contributed by atoms with Gasteiger partial charge in [-0.05, 0) is 19.1 Å². The summed E-state index contributed by atoms with van der Waals surface area (Å²) in [5.74, 6) is -0.713. The van der Waals surface area contributed by atoms with Crippen LogP contribution < -0.4 is 5.73 Å². The molecule has 0 saturated carbocycles. The second-order valence-electron chi connectivity index (χ2n) is 3.74. The topological polar surface area (TPSA) is 44.5 Å². The Morgan fingerprint density at radius 1 is 1.60 bits per heavy atom. The van der Waals surface area contributed by atoms with Crippen molar-refractivity contribution in [2.45, 2.75) is 18.8 Å². The Kier molecular flexibility index (Phi) is 2.98. The number of benzene rings is 1. The molecule has 4 heteroatoms. The van der Waals surface area contributed by atoms with Gasteiger partial charge in [-0.25, -0.2) is 0 Å². The van der Waals surface area contributed by atoms with Crippen LogP contribution in [0.2, 0.25) is 5.02 Å². The molecule has 1 aliphatic rings. The third-order valence-corrected chi connectivity index (χ3v) is 2.78. The molecule has 0 spiro atoms. The highest BCUT2D eigenvalue weighted by atomic mass is 35.5. The van der Waals surface area contributed by atoms with Gasteiger partial charge in [0.15, 0.2) is 5.79 Å². The van der Waals surface area contributed by atoms with Crippen molar-refractivity contribution in [2.24, 2.45) is 5.73 Å². The zero-order valence-corrected chi connectivity index (χ0v) is 9.33. The first-order chi connectivity index (χ1) is 7.14. The van der Waals surface area contributed by atoms with Gasteiger partial charge < -0.3 is 15.2 Å². The number of hydrogen-bond acceptors (Lipinski definition) is 3. The Labute approximate surface area is 94.1 Å². The molecular formula is C11H14ClNO2. The van der Waals surface area contributed by atoms with Gasteiger partial charge >= 0.3 is 0 Å². The maximum atomic E-state index is 5.92. The number of nitrogens with two attached hydrogens (primary N) is 1. The maximum Gasteiger partial charge on any atom is 0.192 e. The first-order valence-electron chi connectivity index (χ1n) is 4.92. The van der Waals surface area contributed by atoms with Crippen molar-refractivity contribution in [3.8, 4) is 0 Å². The molecule has 0 amide bonds. The molecule has 0 radical (unpaired) electrons. The third kappa shape index (κ3) is 2.16. The Bertz CT molecular complexity index is 358. The molecule has 2 rings (SSSR count). The minimum atomic E-state index is -0.713. The van der Waals surface area contributed by atoms with Crippen LogP contribution in [0.3, 0.4) is 0 Å². The molecular weight excluding hydrogens is 214 g/mol. The van der Waals surface area contributed by atoms with E-state index in [1.54, 1.807) is 0 Å². The van der Waals surface area contributed by atoms with Gasteiger partial charge in [-0.15, -0.1) is 0 Å². The van der Waals surface area contributed by atoms with Gasteiger partial charge in [0.2, 0.25) is 0 Å². The highest BCUT2D eigenvalue weighted by molar-refractivity contribution is 6.30. The fourth-order valence-corrected chi connectivity index (χ4v) is 1.87. The quantitative estimate of drug-likeness (QED) is 0.839. The number of ether oxygens (including phenoxy) is 2. The van der Waals surface area contributed by atoms with E-state index in [1.165, 1.54) is 0 Å². The molecule has 1 heterocycles. The van der Waals surface area contributed by atoms with Crippen LogP contribution in [0.15, 0.2) is 24.3 Å². The number of rotatable bonds is 2. The van der Waals surface area contributed by atoms with E-state index in [9.17, 15) is 0 Å². The summed E-state index contributed by atoms with van der Waals surface area (Å²) in [6.07, 6.45) is -0.0334. The van der Waals surface area contributed by atoms with Gasteiger partial charge in [0.25, 0.3) is 0 Å². The number of halogens is 1. The van der Waals surface area contributed by atoms with Crippen molar-refractivity contribution < 1.29 is 9.47 Å². The van der Waals surface area contributed by atoms with E-state index in [0.717, 1.165) is 5.56 Å². The predicted octanol–water partition coefficient (Wildman–Crippen LogP) is 1.89. The van der Waals surface area contributed by atoms with E-state index < -0.39 is 5.79 Å². The van der Waals surface area contributed by atoms with E-state index in [2.05, 4.69) is 0 Å². The second kappa shape index (κ2) is 4.10. The summed E-state index contributed by atoms with van der Waals surface area (Å²) < 4.78 is 11.4. The molecule has 0 aliphatic carbocycles. The molecule has 82 valence electrons. The fraction of sp³-hybridized carbons (Fsp3) is 0.455. The smallest absolute Gasteiger partial charge is 0.192 e.